The Labute approximate surface area is 169 Å². The number of carbonyl (C=O) groups is 3. The quantitative estimate of drug-likeness (QED) is 0.763. The van der Waals surface area contributed by atoms with Gasteiger partial charge < -0.3 is 10.0 Å². The number of piperidine rings is 1. The van der Waals surface area contributed by atoms with Crippen molar-refractivity contribution >= 4 is 34.9 Å². The highest BCUT2D eigenvalue weighted by Gasteiger charge is 2.36. The van der Waals surface area contributed by atoms with Gasteiger partial charge >= 0.3 is 0 Å². The summed E-state index contributed by atoms with van der Waals surface area (Å²) in [5.41, 5.74) is 1.37. The van der Waals surface area contributed by atoms with E-state index in [0.29, 0.717) is 23.4 Å². The average molecular weight is 403 g/mol. The van der Waals surface area contributed by atoms with E-state index in [2.05, 4.69) is 0 Å². The number of aliphatic hydroxyl groups is 1. The van der Waals surface area contributed by atoms with Crippen molar-refractivity contribution < 1.29 is 19.5 Å². The van der Waals surface area contributed by atoms with Crippen molar-refractivity contribution in [2.45, 2.75) is 51.6 Å². The lowest BCUT2D eigenvalue weighted by atomic mass is 9.98. The van der Waals surface area contributed by atoms with E-state index in [0.717, 1.165) is 36.6 Å². The Kier molecular flexibility index (Phi) is 6.57. The molecule has 1 aromatic carbocycles. The Morgan fingerprint density at radius 1 is 1.25 bits per heavy atom. The first-order chi connectivity index (χ1) is 13.4. The molecule has 0 radical (unpaired) electrons. The van der Waals surface area contributed by atoms with Gasteiger partial charge in [0.1, 0.15) is 0 Å². The zero-order valence-electron chi connectivity index (χ0n) is 16.3. The lowest BCUT2D eigenvalue weighted by Crippen LogP contribution is -2.44. The molecule has 1 atom stereocenters. The van der Waals surface area contributed by atoms with E-state index >= 15 is 0 Å². The van der Waals surface area contributed by atoms with Gasteiger partial charge in [-0.3, -0.25) is 19.3 Å². The van der Waals surface area contributed by atoms with Gasteiger partial charge in [0.05, 0.1) is 4.91 Å². The second-order valence-corrected chi connectivity index (χ2v) is 8.42. The maximum absolute atomic E-state index is 12.9. The largest absolute Gasteiger partial charge is 0.396 e. The van der Waals surface area contributed by atoms with E-state index in [1.807, 2.05) is 18.7 Å². The molecule has 150 valence electrons. The van der Waals surface area contributed by atoms with Gasteiger partial charge in [0.15, 0.2) is 0 Å². The van der Waals surface area contributed by atoms with Crippen LogP contribution in [0.25, 0.3) is 6.08 Å². The molecule has 7 heteroatoms. The lowest BCUT2D eigenvalue weighted by Gasteiger charge is -2.35. The molecule has 0 aliphatic carbocycles. The molecule has 0 saturated carbocycles. The number of rotatable bonds is 5. The van der Waals surface area contributed by atoms with E-state index < -0.39 is 0 Å². The Balaban J connectivity index is 1.74. The number of nitrogens with zero attached hydrogens (tertiary/aromatic N) is 2. The number of aliphatic hydroxyl groups excluding tert-OH is 1. The van der Waals surface area contributed by atoms with Gasteiger partial charge in [0.2, 0.25) is 0 Å². The van der Waals surface area contributed by atoms with Crippen LogP contribution in [0.1, 0.15) is 55.5 Å². The summed E-state index contributed by atoms with van der Waals surface area (Å²) in [5, 5.41) is 9.00. The van der Waals surface area contributed by atoms with E-state index in [1.165, 1.54) is 4.90 Å². The van der Waals surface area contributed by atoms with Crippen molar-refractivity contribution in [2.75, 3.05) is 13.2 Å². The van der Waals surface area contributed by atoms with Crippen molar-refractivity contribution in [1.82, 2.24) is 9.80 Å². The molecule has 1 unspecified atom stereocenters. The third-order valence-electron chi connectivity index (χ3n) is 5.15. The maximum atomic E-state index is 12.9. The summed E-state index contributed by atoms with van der Waals surface area (Å²) in [7, 11) is 0. The maximum Gasteiger partial charge on any atom is 0.293 e. The summed E-state index contributed by atoms with van der Waals surface area (Å²) in [4.78, 5) is 40.8. The number of amides is 3. The minimum absolute atomic E-state index is 0.0233. The fourth-order valence-electron chi connectivity index (χ4n) is 3.68. The summed E-state index contributed by atoms with van der Waals surface area (Å²) in [6.07, 6.45) is 5.29. The molecule has 2 aliphatic rings. The van der Waals surface area contributed by atoms with Crippen molar-refractivity contribution in [3.8, 4) is 0 Å². The van der Waals surface area contributed by atoms with Crippen LogP contribution in [0.2, 0.25) is 0 Å². The summed E-state index contributed by atoms with van der Waals surface area (Å²) in [6, 6.07) is 7.02. The predicted octanol–water partition coefficient (Wildman–Crippen LogP) is 3.51. The number of carbonyl (C=O) groups excluding carboxylic acids is 3. The van der Waals surface area contributed by atoms with Gasteiger partial charge in [0.25, 0.3) is 17.1 Å². The molecule has 2 saturated heterocycles. The van der Waals surface area contributed by atoms with E-state index in [9.17, 15) is 19.5 Å². The van der Waals surface area contributed by atoms with Gasteiger partial charge in [-0.15, -0.1) is 0 Å². The molecule has 2 aliphatic heterocycles. The Hall–Kier alpha value is -2.12. The van der Waals surface area contributed by atoms with E-state index in [-0.39, 0.29) is 35.7 Å². The second kappa shape index (κ2) is 8.92. The lowest BCUT2D eigenvalue weighted by molar-refractivity contribution is -0.123. The highest BCUT2D eigenvalue weighted by atomic mass is 32.2. The molecule has 0 bridgehead atoms. The molecule has 1 N–H and O–H groups in total. The van der Waals surface area contributed by atoms with Crippen molar-refractivity contribution in [2.24, 2.45) is 0 Å². The molecule has 1 aromatic rings. The molecule has 2 fully saturated rings. The Morgan fingerprint density at radius 3 is 2.57 bits per heavy atom. The van der Waals surface area contributed by atoms with Crippen LogP contribution in [0.5, 0.6) is 0 Å². The predicted molar refractivity (Wildman–Crippen MR) is 110 cm³/mol. The second-order valence-electron chi connectivity index (χ2n) is 7.43. The van der Waals surface area contributed by atoms with Crippen LogP contribution in [-0.2, 0) is 4.79 Å². The molecule has 3 rings (SSSR count). The number of hydrogen-bond donors (Lipinski definition) is 1. The zero-order chi connectivity index (χ0) is 20.3. The van der Waals surface area contributed by atoms with Crippen LogP contribution >= 0.6 is 11.8 Å². The molecular formula is C21H26N2O4S. The number of imide groups is 1. The molecule has 6 nitrogen and oxygen atoms in total. The first-order valence-corrected chi connectivity index (χ1v) is 10.5. The third-order valence-corrected chi connectivity index (χ3v) is 6.03. The summed E-state index contributed by atoms with van der Waals surface area (Å²) >= 11 is 0.944. The van der Waals surface area contributed by atoms with Crippen molar-refractivity contribution in [3.05, 3.63) is 40.3 Å². The van der Waals surface area contributed by atoms with Crippen LogP contribution in [0.3, 0.4) is 0 Å². The third kappa shape index (κ3) is 4.31. The summed E-state index contributed by atoms with van der Waals surface area (Å²) in [6.45, 7) is 4.42. The van der Waals surface area contributed by atoms with Crippen molar-refractivity contribution in [3.63, 3.8) is 0 Å². The van der Waals surface area contributed by atoms with Crippen LogP contribution in [0.15, 0.2) is 29.2 Å². The van der Waals surface area contributed by atoms with Crippen LogP contribution in [0.4, 0.5) is 4.79 Å². The van der Waals surface area contributed by atoms with Gasteiger partial charge in [0, 0.05) is 30.8 Å². The Bertz CT molecular complexity index is 786. The summed E-state index contributed by atoms with van der Waals surface area (Å²) < 4.78 is 0. The highest BCUT2D eigenvalue weighted by molar-refractivity contribution is 8.18. The molecule has 28 heavy (non-hydrogen) atoms. The SMILES string of the molecule is CC(C)N1C(=O)SC(=Cc2ccc(C(=O)N3CCCCC3CCO)cc2)C1=O. The fraction of sp³-hybridized carbons (Fsp3) is 0.476. The average Bonchev–Trinajstić information content (AvgIpc) is 2.96. The van der Waals surface area contributed by atoms with Crippen molar-refractivity contribution in [1.29, 1.82) is 0 Å². The van der Waals surface area contributed by atoms with Gasteiger partial charge in [-0.1, -0.05) is 12.1 Å². The van der Waals surface area contributed by atoms with Gasteiger partial charge in [-0.05, 0) is 75.1 Å². The number of benzene rings is 1. The normalized spacial score (nSPS) is 21.9. The van der Waals surface area contributed by atoms with Crippen LogP contribution < -0.4 is 0 Å². The molecule has 3 amide bonds. The topological polar surface area (TPSA) is 77.9 Å². The van der Waals surface area contributed by atoms with Gasteiger partial charge in [-0.25, -0.2) is 0 Å². The zero-order valence-corrected chi connectivity index (χ0v) is 17.1. The number of hydrogen-bond acceptors (Lipinski definition) is 5. The highest BCUT2D eigenvalue weighted by Crippen LogP contribution is 2.33. The molecule has 2 heterocycles. The van der Waals surface area contributed by atoms with Crippen LogP contribution in [0, 0.1) is 0 Å². The monoisotopic (exact) mass is 402 g/mol. The smallest absolute Gasteiger partial charge is 0.293 e. The van der Waals surface area contributed by atoms with E-state index in [1.54, 1.807) is 30.3 Å². The standard InChI is InChI=1S/C21H26N2O4S/c1-14(2)23-20(26)18(28-21(23)27)13-15-6-8-16(9-7-15)19(25)22-11-4-3-5-17(22)10-12-24/h6-9,13-14,17,24H,3-5,10-12H2,1-2H3. The number of thioether (sulfide) groups is 1. The first-order valence-electron chi connectivity index (χ1n) is 9.71. The molecular weight excluding hydrogens is 376 g/mol. The Morgan fingerprint density at radius 2 is 1.96 bits per heavy atom. The van der Waals surface area contributed by atoms with Crippen LogP contribution in [-0.4, -0.2) is 57.2 Å². The fourth-order valence-corrected chi connectivity index (χ4v) is 4.64. The van der Waals surface area contributed by atoms with E-state index in [4.69, 9.17) is 0 Å². The minimum atomic E-state index is -0.273. The minimum Gasteiger partial charge on any atom is -0.396 e. The first kappa shape index (κ1) is 20.6. The number of likely N-dealkylation sites (tertiary alicyclic amines) is 1. The summed E-state index contributed by atoms with van der Waals surface area (Å²) in [5.74, 6) is -0.296. The molecule has 0 spiro atoms. The molecule has 0 aromatic heterocycles. The van der Waals surface area contributed by atoms with Gasteiger partial charge in [-0.2, -0.15) is 0 Å².